The third kappa shape index (κ3) is 4.17. The van der Waals surface area contributed by atoms with Crippen LogP contribution < -0.4 is 0 Å². The van der Waals surface area contributed by atoms with Crippen molar-refractivity contribution in [3.05, 3.63) is 133 Å². The van der Waals surface area contributed by atoms with E-state index >= 15 is 0 Å². The molecule has 220 valence electrons. The first-order valence-corrected chi connectivity index (χ1v) is 16.1. The van der Waals surface area contributed by atoms with E-state index in [2.05, 4.69) is 48.5 Å². The number of furan rings is 1. The van der Waals surface area contributed by atoms with Gasteiger partial charge in [-0.2, -0.15) is 0 Å². The summed E-state index contributed by atoms with van der Waals surface area (Å²) in [6.07, 6.45) is 0. The average Bonchev–Trinajstić information content (AvgIpc) is 3.84. The van der Waals surface area contributed by atoms with Gasteiger partial charge in [0.2, 0.25) is 5.89 Å². The highest BCUT2D eigenvalue weighted by molar-refractivity contribution is 7.25. The number of para-hydroxylation sites is 1. The molecule has 0 atom stereocenters. The topological polar surface area (TPSA) is 77.8 Å². The van der Waals surface area contributed by atoms with Crippen molar-refractivity contribution >= 4 is 64.5 Å². The largest absolute Gasteiger partial charge is 0.456 e. The maximum absolute atomic E-state index is 6.39. The fourth-order valence-electron chi connectivity index (χ4n) is 6.39. The zero-order valence-corrected chi connectivity index (χ0v) is 25.5. The number of thiophene rings is 1. The molecule has 4 heterocycles. The van der Waals surface area contributed by atoms with E-state index < -0.39 is 0 Å². The summed E-state index contributed by atoms with van der Waals surface area (Å²) in [5.41, 5.74) is 6.15. The lowest BCUT2D eigenvalue weighted by Gasteiger charge is -2.10. The van der Waals surface area contributed by atoms with Crippen molar-refractivity contribution in [2.75, 3.05) is 0 Å². The van der Waals surface area contributed by atoms with E-state index in [-0.39, 0.29) is 0 Å². The molecular weight excluding hydrogens is 601 g/mol. The molecule has 0 bridgehead atoms. The lowest BCUT2D eigenvalue weighted by atomic mass is 10.0. The molecule has 10 rings (SSSR count). The van der Waals surface area contributed by atoms with Crippen LogP contribution in [0.1, 0.15) is 0 Å². The van der Waals surface area contributed by atoms with E-state index in [4.69, 9.17) is 28.8 Å². The molecule has 0 N–H and O–H groups in total. The quantitative estimate of drug-likeness (QED) is 0.194. The second-order valence-electron chi connectivity index (χ2n) is 11.4. The minimum atomic E-state index is 0.500. The third-order valence-corrected chi connectivity index (χ3v) is 9.71. The van der Waals surface area contributed by atoms with Gasteiger partial charge in [-0.3, -0.25) is 0 Å². The molecule has 0 aliphatic carbocycles. The molecule has 7 heteroatoms. The van der Waals surface area contributed by atoms with Gasteiger partial charge >= 0.3 is 0 Å². The smallest absolute Gasteiger partial charge is 0.227 e. The molecule has 0 fully saturated rings. The predicted molar refractivity (Wildman–Crippen MR) is 189 cm³/mol. The minimum Gasteiger partial charge on any atom is -0.456 e. The predicted octanol–water partition coefficient (Wildman–Crippen LogP) is 10.9. The molecule has 0 unspecified atom stereocenters. The summed E-state index contributed by atoms with van der Waals surface area (Å²) in [7, 11) is 0. The highest BCUT2D eigenvalue weighted by Crippen LogP contribution is 2.43. The molecule has 0 aliphatic heterocycles. The van der Waals surface area contributed by atoms with Gasteiger partial charge in [0.15, 0.2) is 23.1 Å². The molecule has 0 radical (unpaired) electrons. The zero-order chi connectivity index (χ0) is 30.9. The second kappa shape index (κ2) is 10.2. The normalized spacial score (nSPS) is 11.8. The van der Waals surface area contributed by atoms with Gasteiger partial charge in [-0.1, -0.05) is 97.1 Å². The number of aromatic nitrogens is 4. The Hall–Kier alpha value is -6.18. The van der Waals surface area contributed by atoms with Gasteiger partial charge in [0.05, 0.1) is 5.56 Å². The van der Waals surface area contributed by atoms with Gasteiger partial charge in [0, 0.05) is 53.7 Å². The standard InChI is InChI=1S/C40H22N4O2S/c1-3-11-23(12-4-1)37-42-38(25-19-20-27-26-15-8-10-18-32(26)47-33(27)21-25)44-39(43-37)35-34-28-16-7-9-17-29(28)45-30(34)22-31-36(35)41-40(46-31)24-13-5-2-6-14-24/h1-22H. The number of oxazole rings is 1. The summed E-state index contributed by atoms with van der Waals surface area (Å²) >= 11 is 1.77. The molecule has 0 saturated carbocycles. The van der Waals surface area contributed by atoms with Crippen molar-refractivity contribution in [1.29, 1.82) is 0 Å². The first-order chi connectivity index (χ1) is 23.3. The van der Waals surface area contributed by atoms with Crippen LogP contribution in [0.3, 0.4) is 0 Å². The van der Waals surface area contributed by atoms with E-state index in [1.54, 1.807) is 11.3 Å². The lowest BCUT2D eigenvalue weighted by molar-refractivity contribution is 0.617. The Morgan fingerprint density at radius 1 is 0.426 bits per heavy atom. The van der Waals surface area contributed by atoms with Gasteiger partial charge < -0.3 is 8.83 Å². The van der Waals surface area contributed by atoms with Crippen LogP contribution in [-0.4, -0.2) is 19.9 Å². The van der Waals surface area contributed by atoms with E-state index in [0.717, 1.165) is 38.6 Å². The van der Waals surface area contributed by atoms with Crippen LogP contribution in [0.4, 0.5) is 0 Å². The highest BCUT2D eigenvalue weighted by atomic mass is 32.1. The molecule has 6 aromatic carbocycles. The van der Waals surface area contributed by atoms with Crippen molar-refractivity contribution < 1.29 is 8.83 Å². The number of rotatable bonds is 4. The zero-order valence-electron chi connectivity index (χ0n) is 24.7. The monoisotopic (exact) mass is 622 g/mol. The van der Waals surface area contributed by atoms with Crippen molar-refractivity contribution in [3.8, 4) is 45.6 Å². The Balaban J connectivity index is 1.28. The van der Waals surface area contributed by atoms with Crippen LogP contribution in [0, 0.1) is 0 Å². The van der Waals surface area contributed by atoms with Gasteiger partial charge in [-0.25, -0.2) is 19.9 Å². The van der Waals surface area contributed by atoms with Crippen molar-refractivity contribution in [3.63, 3.8) is 0 Å². The number of nitrogens with zero attached hydrogens (tertiary/aromatic N) is 4. The molecule has 6 nitrogen and oxygen atoms in total. The summed E-state index contributed by atoms with van der Waals surface area (Å²) in [6, 6.07) is 44.8. The van der Waals surface area contributed by atoms with Crippen LogP contribution in [0.15, 0.2) is 142 Å². The minimum absolute atomic E-state index is 0.500. The van der Waals surface area contributed by atoms with Crippen molar-refractivity contribution in [2.24, 2.45) is 0 Å². The fourth-order valence-corrected chi connectivity index (χ4v) is 7.54. The van der Waals surface area contributed by atoms with Gasteiger partial charge in [-0.15, -0.1) is 11.3 Å². The Morgan fingerprint density at radius 2 is 1.09 bits per heavy atom. The van der Waals surface area contributed by atoms with Gasteiger partial charge in [0.1, 0.15) is 16.7 Å². The number of hydrogen-bond acceptors (Lipinski definition) is 7. The van der Waals surface area contributed by atoms with Gasteiger partial charge in [0.25, 0.3) is 0 Å². The van der Waals surface area contributed by atoms with E-state index in [1.165, 1.54) is 20.2 Å². The molecule has 47 heavy (non-hydrogen) atoms. The van der Waals surface area contributed by atoms with Crippen LogP contribution in [-0.2, 0) is 0 Å². The molecular formula is C40H22N4O2S. The SMILES string of the molecule is c1ccc(-c2nc(-c3ccc4c(c3)sc3ccccc34)nc(-c3c4nc(-c5ccccc5)oc4cc4oc5ccccc5c34)n2)cc1. The van der Waals surface area contributed by atoms with E-state index in [1.807, 2.05) is 84.9 Å². The first-order valence-electron chi connectivity index (χ1n) is 15.3. The van der Waals surface area contributed by atoms with Crippen LogP contribution in [0.2, 0.25) is 0 Å². The summed E-state index contributed by atoms with van der Waals surface area (Å²) in [5.74, 6) is 2.18. The maximum Gasteiger partial charge on any atom is 0.227 e. The summed E-state index contributed by atoms with van der Waals surface area (Å²) in [6.45, 7) is 0. The van der Waals surface area contributed by atoms with Crippen LogP contribution >= 0.6 is 11.3 Å². The number of hydrogen-bond donors (Lipinski definition) is 0. The first kappa shape index (κ1) is 26.1. The maximum atomic E-state index is 6.39. The van der Waals surface area contributed by atoms with Gasteiger partial charge in [-0.05, 0) is 30.3 Å². The molecule has 0 spiro atoms. The molecule has 10 aromatic rings. The fraction of sp³-hybridized carbons (Fsp3) is 0. The number of benzene rings is 6. The lowest BCUT2D eigenvalue weighted by Crippen LogP contribution is -2.01. The Bertz CT molecular complexity index is 2800. The highest BCUT2D eigenvalue weighted by Gasteiger charge is 2.24. The van der Waals surface area contributed by atoms with E-state index in [0.29, 0.717) is 40.0 Å². The second-order valence-corrected chi connectivity index (χ2v) is 12.5. The third-order valence-electron chi connectivity index (χ3n) is 8.57. The van der Waals surface area contributed by atoms with Crippen molar-refractivity contribution in [1.82, 2.24) is 19.9 Å². The molecule has 0 aliphatic rings. The van der Waals surface area contributed by atoms with Crippen LogP contribution in [0.5, 0.6) is 0 Å². The summed E-state index contributed by atoms with van der Waals surface area (Å²) in [4.78, 5) is 20.4. The Kier molecular flexibility index (Phi) is 5.64. The number of fused-ring (bicyclic) bond motifs is 7. The van der Waals surface area contributed by atoms with E-state index in [9.17, 15) is 0 Å². The average molecular weight is 623 g/mol. The Labute approximate surface area is 271 Å². The summed E-state index contributed by atoms with van der Waals surface area (Å²) < 4.78 is 15.2. The molecule has 0 amide bonds. The summed E-state index contributed by atoms with van der Waals surface area (Å²) in [5, 5.41) is 4.32. The molecule has 0 saturated heterocycles. The Morgan fingerprint density at radius 3 is 1.91 bits per heavy atom. The van der Waals surface area contributed by atoms with Crippen molar-refractivity contribution in [2.45, 2.75) is 0 Å². The van der Waals surface area contributed by atoms with Crippen LogP contribution in [0.25, 0.3) is 98.8 Å². The molecule has 4 aromatic heterocycles.